The molecule has 0 atom stereocenters. The third-order valence-corrected chi connectivity index (χ3v) is 6.14. The number of furan rings is 1. The number of benzene rings is 1. The molecule has 1 fully saturated rings. The van der Waals surface area contributed by atoms with Crippen LogP contribution in [0.3, 0.4) is 0 Å². The summed E-state index contributed by atoms with van der Waals surface area (Å²) in [5.41, 5.74) is 5.94. The van der Waals surface area contributed by atoms with E-state index >= 15 is 0 Å². The molecule has 2 N–H and O–H groups in total. The molecule has 2 heterocycles. The largest absolute Gasteiger partial charge is 0.467 e. The lowest BCUT2D eigenvalue weighted by atomic mass is 10.2. The predicted molar refractivity (Wildman–Crippen MR) is 92.3 cm³/mol. The average Bonchev–Trinajstić information content (AvgIpc) is 2.98. The van der Waals surface area contributed by atoms with Crippen LogP contribution in [0.4, 0.5) is 0 Å². The van der Waals surface area contributed by atoms with E-state index in [9.17, 15) is 13.2 Å². The van der Waals surface area contributed by atoms with Gasteiger partial charge < -0.3 is 15.1 Å². The fourth-order valence-electron chi connectivity index (χ4n) is 2.86. The molecule has 1 saturated heterocycles. The van der Waals surface area contributed by atoms with Crippen LogP contribution in [0, 0.1) is 0 Å². The van der Waals surface area contributed by atoms with Crippen LogP contribution in [0.25, 0.3) is 0 Å². The highest BCUT2D eigenvalue weighted by atomic mass is 32.2. The van der Waals surface area contributed by atoms with E-state index in [1.807, 2.05) is 0 Å². The normalized spacial score (nSPS) is 16.6. The molecule has 1 aliphatic rings. The third kappa shape index (κ3) is 3.76. The average molecular weight is 363 g/mol. The van der Waals surface area contributed by atoms with Crippen molar-refractivity contribution in [2.24, 2.45) is 5.73 Å². The zero-order valence-corrected chi connectivity index (χ0v) is 14.6. The first kappa shape index (κ1) is 17.7. The van der Waals surface area contributed by atoms with Gasteiger partial charge in [0.2, 0.25) is 10.0 Å². The van der Waals surface area contributed by atoms with Crippen molar-refractivity contribution in [3.8, 4) is 0 Å². The number of sulfonamides is 1. The van der Waals surface area contributed by atoms with Crippen LogP contribution in [0.5, 0.6) is 0 Å². The van der Waals surface area contributed by atoms with Crippen LogP contribution < -0.4 is 5.73 Å². The Kier molecular flexibility index (Phi) is 5.22. The number of rotatable bonds is 4. The smallest absolute Gasteiger partial charge is 0.257 e. The summed E-state index contributed by atoms with van der Waals surface area (Å²) in [7, 11) is -3.54. The van der Waals surface area contributed by atoms with Crippen molar-refractivity contribution in [2.75, 3.05) is 26.2 Å². The molecule has 1 aromatic carbocycles. The molecular weight excluding hydrogens is 342 g/mol. The van der Waals surface area contributed by atoms with Gasteiger partial charge in [-0.3, -0.25) is 4.79 Å². The Morgan fingerprint density at radius 1 is 1.12 bits per heavy atom. The van der Waals surface area contributed by atoms with E-state index in [1.54, 1.807) is 41.3 Å². The molecule has 2 aromatic rings. The van der Waals surface area contributed by atoms with Crippen LogP contribution in [0.2, 0.25) is 0 Å². The van der Waals surface area contributed by atoms with Crippen molar-refractivity contribution in [3.63, 3.8) is 0 Å². The van der Waals surface area contributed by atoms with Crippen molar-refractivity contribution in [1.29, 1.82) is 0 Å². The lowest BCUT2D eigenvalue weighted by Gasteiger charge is -2.21. The Labute approximate surface area is 147 Å². The summed E-state index contributed by atoms with van der Waals surface area (Å²) in [6, 6.07) is 9.99. The van der Waals surface area contributed by atoms with E-state index in [0.717, 1.165) is 0 Å². The molecule has 3 rings (SSSR count). The van der Waals surface area contributed by atoms with Crippen molar-refractivity contribution < 1.29 is 17.6 Å². The lowest BCUT2D eigenvalue weighted by Crippen LogP contribution is -2.37. The van der Waals surface area contributed by atoms with E-state index in [1.165, 1.54) is 10.6 Å². The first-order valence-electron chi connectivity index (χ1n) is 8.14. The van der Waals surface area contributed by atoms with Gasteiger partial charge in [0.1, 0.15) is 12.0 Å². The second-order valence-electron chi connectivity index (χ2n) is 5.87. The standard InChI is InChI=1S/C17H21N3O4S/c18-12-15-11-14(13-24-15)17(21)19-7-4-8-20(10-9-19)25(22,23)16-5-2-1-3-6-16/h1-3,5-6,11,13H,4,7-10,12,18H2. The molecule has 0 bridgehead atoms. The summed E-state index contributed by atoms with van der Waals surface area (Å²) in [5, 5.41) is 0. The molecule has 0 saturated carbocycles. The van der Waals surface area contributed by atoms with Crippen molar-refractivity contribution >= 4 is 15.9 Å². The number of amides is 1. The first-order chi connectivity index (χ1) is 12.0. The zero-order chi connectivity index (χ0) is 17.9. The number of nitrogens with two attached hydrogens (primary N) is 1. The van der Waals surface area contributed by atoms with Gasteiger partial charge in [-0.25, -0.2) is 8.42 Å². The fourth-order valence-corrected chi connectivity index (χ4v) is 4.35. The molecule has 1 aliphatic heterocycles. The number of nitrogens with zero attached hydrogens (tertiary/aromatic N) is 2. The molecule has 0 aliphatic carbocycles. The Morgan fingerprint density at radius 3 is 2.56 bits per heavy atom. The van der Waals surface area contributed by atoms with Gasteiger partial charge in [-0.15, -0.1) is 0 Å². The second kappa shape index (κ2) is 7.38. The minimum atomic E-state index is -3.54. The minimum absolute atomic E-state index is 0.164. The van der Waals surface area contributed by atoms with Crippen LogP contribution >= 0.6 is 0 Å². The minimum Gasteiger partial charge on any atom is -0.467 e. The molecule has 0 unspecified atom stereocenters. The number of carbonyl (C=O) groups excluding carboxylic acids is 1. The Bertz CT molecular complexity index is 833. The van der Waals surface area contributed by atoms with E-state index < -0.39 is 10.0 Å². The molecule has 7 nitrogen and oxygen atoms in total. The van der Waals surface area contributed by atoms with E-state index in [-0.39, 0.29) is 23.9 Å². The quantitative estimate of drug-likeness (QED) is 0.882. The van der Waals surface area contributed by atoms with Crippen molar-refractivity contribution in [2.45, 2.75) is 17.9 Å². The summed E-state index contributed by atoms with van der Waals surface area (Å²) in [6.07, 6.45) is 1.98. The third-order valence-electron chi connectivity index (χ3n) is 4.22. The maximum atomic E-state index is 12.7. The lowest BCUT2D eigenvalue weighted by molar-refractivity contribution is 0.0763. The molecular formula is C17H21N3O4S. The van der Waals surface area contributed by atoms with Gasteiger partial charge in [0.15, 0.2) is 0 Å². The topological polar surface area (TPSA) is 96.9 Å². The summed E-state index contributed by atoms with van der Waals surface area (Å²) < 4.78 is 32.1. The Hall–Kier alpha value is -2.16. The van der Waals surface area contributed by atoms with Crippen LogP contribution in [0.1, 0.15) is 22.5 Å². The van der Waals surface area contributed by atoms with Gasteiger partial charge in [-0.2, -0.15) is 4.31 Å². The first-order valence-corrected chi connectivity index (χ1v) is 9.58. The van der Waals surface area contributed by atoms with Gasteiger partial charge >= 0.3 is 0 Å². The van der Waals surface area contributed by atoms with E-state index in [2.05, 4.69) is 0 Å². The zero-order valence-electron chi connectivity index (χ0n) is 13.8. The summed E-state index contributed by atoms with van der Waals surface area (Å²) in [6.45, 7) is 1.73. The molecule has 134 valence electrons. The van der Waals surface area contributed by atoms with Crippen LogP contribution in [0.15, 0.2) is 52.0 Å². The van der Waals surface area contributed by atoms with E-state index in [4.69, 9.17) is 10.2 Å². The summed E-state index contributed by atoms with van der Waals surface area (Å²) >= 11 is 0. The Balaban J connectivity index is 1.71. The number of carbonyl (C=O) groups is 1. The van der Waals surface area contributed by atoms with Crippen LogP contribution in [-0.2, 0) is 16.6 Å². The Morgan fingerprint density at radius 2 is 1.88 bits per heavy atom. The van der Waals surface area contributed by atoms with Crippen molar-refractivity contribution in [3.05, 3.63) is 54.0 Å². The maximum absolute atomic E-state index is 12.7. The monoisotopic (exact) mass is 363 g/mol. The molecule has 25 heavy (non-hydrogen) atoms. The number of hydrogen-bond donors (Lipinski definition) is 1. The maximum Gasteiger partial charge on any atom is 0.257 e. The number of hydrogen-bond acceptors (Lipinski definition) is 5. The summed E-state index contributed by atoms with van der Waals surface area (Å²) in [4.78, 5) is 14.5. The van der Waals surface area contributed by atoms with Gasteiger partial charge in [-0.05, 0) is 24.6 Å². The van der Waals surface area contributed by atoms with E-state index in [0.29, 0.717) is 37.4 Å². The highest BCUT2D eigenvalue weighted by Crippen LogP contribution is 2.18. The van der Waals surface area contributed by atoms with Gasteiger partial charge in [0.25, 0.3) is 5.91 Å². The summed E-state index contributed by atoms with van der Waals surface area (Å²) in [5.74, 6) is 0.383. The molecule has 1 aromatic heterocycles. The molecule has 0 radical (unpaired) electrons. The SMILES string of the molecule is NCc1cc(C(=O)N2CCCN(S(=O)(=O)c3ccccc3)CC2)co1. The highest BCUT2D eigenvalue weighted by molar-refractivity contribution is 7.89. The second-order valence-corrected chi connectivity index (χ2v) is 7.81. The fraction of sp³-hybridized carbons (Fsp3) is 0.353. The molecule has 0 spiro atoms. The van der Waals surface area contributed by atoms with Gasteiger partial charge in [0, 0.05) is 26.2 Å². The molecule has 8 heteroatoms. The van der Waals surface area contributed by atoms with Gasteiger partial charge in [0.05, 0.1) is 17.0 Å². The highest BCUT2D eigenvalue weighted by Gasteiger charge is 2.28. The van der Waals surface area contributed by atoms with Crippen molar-refractivity contribution in [1.82, 2.24) is 9.21 Å². The van der Waals surface area contributed by atoms with Crippen LogP contribution in [-0.4, -0.2) is 49.7 Å². The molecule has 1 amide bonds. The van der Waals surface area contributed by atoms with Gasteiger partial charge in [-0.1, -0.05) is 18.2 Å². The predicted octanol–water partition coefficient (Wildman–Crippen LogP) is 1.28.